The van der Waals surface area contributed by atoms with Gasteiger partial charge in [-0.15, -0.1) is 0 Å². The second-order valence-electron chi connectivity index (χ2n) is 6.97. The van der Waals surface area contributed by atoms with Crippen LogP contribution in [0.5, 0.6) is 0 Å². The molecule has 0 fully saturated rings. The third kappa shape index (κ3) is 3.73. The molecule has 1 aliphatic heterocycles. The number of para-hydroxylation sites is 1. The molecule has 0 saturated heterocycles. The first-order chi connectivity index (χ1) is 13.9. The number of benzene rings is 3. The number of rotatable bonds is 4. The molecule has 148 valence electrons. The Morgan fingerprint density at radius 3 is 2.45 bits per heavy atom. The van der Waals surface area contributed by atoms with Crippen molar-refractivity contribution in [3.8, 4) is 0 Å². The average Bonchev–Trinajstić information content (AvgIpc) is 3.04. The SMILES string of the molecule is C[C@H]1Cc2cc(S(=O)(=O)Nc3ccccc3Cl)ccc2N1C(=O)c1ccccc1. The fourth-order valence-corrected chi connectivity index (χ4v) is 4.92. The van der Waals surface area contributed by atoms with Gasteiger partial charge in [-0.05, 0) is 61.4 Å². The van der Waals surface area contributed by atoms with Crippen LogP contribution in [0.25, 0.3) is 0 Å². The molecule has 1 atom stereocenters. The first-order valence-electron chi connectivity index (χ1n) is 9.16. The number of hydrogen-bond donors (Lipinski definition) is 1. The molecule has 7 heteroatoms. The van der Waals surface area contributed by atoms with E-state index in [-0.39, 0.29) is 16.8 Å². The molecular formula is C22H19ClN2O3S. The molecule has 0 spiro atoms. The van der Waals surface area contributed by atoms with Gasteiger partial charge in [0.25, 0.3) is 15.9 Å². The molecular weight excluding hydrogens is 408 g/mol. The highest BCUT2D eigenvalue weighted by atomic mass is 35.5. The fourth-order valence-electron chi connectivity index (χ4n) is 3.55. The number of carbonyl (C=O) groups excluding carboxylic acids is 1. The molecule has 0 saturated carbocycles. The van der Waals surface area contributed by atoms with Crippen molar-refractivity contribution >= 4 is 38.9 Å². The molecule has 1 amide bonds. The molecule has 4 rings (SSSR count). The summed E-state index contributed by atoms with van der Waals surface area (Å²) in [6, 6.07) is 20.5. The zero-order valence-corrected chi connectivity index (χ0v) is 17.2. The van der Waals surface area contributed by atoms with E-state index in [2.05, 4.69) is 4.72 Å². The van der Waals surface area contributed by atoms with Crippen LogP contribution < -0.4 is 9.62 Å². The van der Waals surface area contributed by atoms with Gasteiger partial charge in [-0.1, -0.05) is 41.9 Å². The lowest BCUT2D eigenvalue weighted by molar-refractivity contribution is 0.0981. The molecule has 0 aromatic heterocycles. The van der Waals surface area contributed by atoms with E-state index in [0.29, 0.717) is 22.7 Å². The highest BCUT2D eigenvalue weighted by Crippen LogP contribution is 2.35. The zero-order chi connectivity index (χ0) is 20.6. The Kier molecular flexibility index (Phi) is 5.06. The standard InChI is InChI=1S/C22H19ClN2O3S/c1-15-13-17-14-18(29(27,28)24-20-10-6-5-9-19(20)23)11-12-21(17)25(15)22(26)16-7-3-2-4-8-16/h2-12,14-15,24H,13H2,1H3/t15-/m0/s1. The number of anilines is 2. The third-order valence-corrected chi connectivity index (χ3v) is 6.63. The van der Waals surface area contributed by atoms with Crippen LogP contribution in [0.2, 0.25) is 5.02 Å². The molecule has 1 heterocycles. The van der Waals surface area contributed by atoms with Crippen molar-refractivity contribution in [2.24, 2.45) is 0 Å². The molecule has 0 bridgehead atoms. The first kappa shape index (κ1) is 19.5. The lowest BCUT2D eigenvalue weighted by Gasteiger charge is -2.23. The van der Waals surface area contributed by atoms with Crippen molar-refractivity contribution in [3.63, 3.8) is 0 Å². The van der Waals surface area contributed by atoms with E-state index in [1.165, 1.54) is 6.07 Å². The Hall–Kier alpha value is -2.83. The van der Waals surface area contributed by atoms with E-state index in [1.807, 2.05) is 25.1 Å². The molecule has 1 N–H and O–H groups in total. The van der Waals surface area contributed by atoms with Crippen molar-refractivity contribution in [3.05, 3.63) is 88.9 Å². The van der Waals surface area contributed by atoms with Gasteiger partial charge in [0.05, 0.1) is 15.6 Å². The normalized spacial score (nSPS) is 15.8. The average molecular weight is 427 g/mol. The van der Waals surface area contributed by atoms with Gasteiger partial charge < -0.3 is 4.90 Å². The lowest BCUT2D eigenvalue weighted by atomic mass is 10.1. The molecule has 1 aliphatic rings. The molecule has 29 heavy (non-hydrogen) atoms. The highest BCUT2D eigenvalue weighted by Gasteiger charge is 2.32. The smallest absolute Gasteiger partial charge is 0.261 e. The minimum absolute atomic E-state index is 0.0628. The van der Waals surface area contributed by atoms with Gasteiger partial charge in [-0.2, -0.15) is 0 Å². The summed E-state index contributed by atoms with van der Waals surface area (Å²) in [5.41, 5.74) is 2.49. The summed E-state index contributed by atoms with van der Waals surface area (Å²) in [6.07, 6.45) is 0.587. The van der Waals surface area contributed by atoms with E-state index < -0.39 is 10.0 Å². The summed E-state index contributed by atoms with van der Waals surface area (Å²) in [6.45, 7) is 1.96. The molecule has 5 nitrogen and oxygen atoms in total. The van der Waals surface area contributed by atoms with Gasteiger partial charge >= 0.3 is 0 Å². The van der Waals surface area contributed by atoms with Crippen LogP contribution in [0.4, 0.5) is 11.4 Å². The van der Waals surface area contributed by atoms with Gasteiger partial charge in [-0.3, -0.25) is 9.52 Å². The Balaban J connectivity index is 1.65. The largest absolute Gasteiger partial charge is 0.305 e. The summed E-state index contributed by atoms with van der Waals surface area (Å²) < 4.78 is 28.2. The monoisotopic (exact) mass is 426 g/mol. The van der Waals surface area contributed by atoms with Crippen molar-refractivity contribution < 1.29 is 13.2 Å². The van der Waals surface area contributed by atoms with E-state index >= 15 is 0 Å². The first-order valence-corrected chi connectivity index (χ1v) is 11.0. The van der Waals surface area contributed by atoms with Crippen LogP contribution in [0.3, 0.4) is 0 Å². The topological polar surface area (TPSA) is 66.5 Å². The number of sulfonamides is 1. The van der Waals surface area contributed by atoms with Crippen LogP contribution >= 0.6 is 11.6 Å². The summed E-state index contributed by atoms with van der Waals surface area (Å²) >= 11 is 6.07. The number of halogens is 1. The van der Waals surface area contributed by atoms with Gasteiger partial charge in [0.1, 0.15) is 0 Å². The number of nitrogens with one attached hydrogen (secondary N) is 1. The van der Waals surface area contributed by atoms with Crippen molar-refractivity contribution in [2.75, 3.05) is 9.62 Å². The van der Waals surface area contributed by atoms with Crippen LogP contribution in [-0.2, 0) is 16.4 Å². The maximum atomic E-state index is 13.0. The van der Waals surface area contributed by atoms with Crippen molar-refractivity contribution in [1.29, 1.82) is 0 Å². The van der Waals surface area contributed by atoms with Crippen molar-refractivity contribution in [2.45, 2.75) is 24.3 Å². The van der Waals surface area contributed by atoms with Gasteiger partial charge in [0, 0.05) is 17.3 Å². The van der Waals surface area contributed by atoms with Crippen LogP contribution in [0, 0.1) is 0 Å². The van der Waals surface area contributed by atoms with Crippen molar-refractivity contribution in [1.82, 2.24) is 0 Å². The number of hydrogen-bond acceptors (Lipinski definition) is 3. The van der Waals surface area contributed by atoms with Gasteiger partial charge in [0.2, 0.25) is 0 Å². The highest BCUT2D eigenvalue weighted by molar-refractivity contribution is 7.92. The van der Waals surface area contributed by atoms with E-state index in [9.17, 15) is 13.2 Å². The number of amides is 1. The molecule has 0 unspecified atom stereocenters. The fraction of sp³-hybridized carbons (Fsp3) is 0.136. The Morgan fingerprint density at radius 1 is 1.03 bits per heavy atom. The zero-order valence-electron chi connectivity index (χ0n) is 15.7. The summed E-state index contributed by atoms with van der Waals surface area (Å²) in [4.78, 5) is 14.8. The van der Waals surface area contributed by atoms with E-state index in [0.717, 1.165) is 11.3 Å². The Morgan fingerprint density at radius 2 is 1.72 bits per heavy atom. The maximum Gasteiger partial charge on any atom is 0.261 e. The number of nitrogens with zero attached hydrogens (tertiary/aromatic N) is 1. The molecule has 0 radical (unpaired) electrons. The minimum atomic E-state index is -3.80. The summed E-state index contributed by atoms with van der Waals surface area (Å²) in [5.74, 6) is -0.0957. The number of fused-ring (bicyclic) bond motifs is 1. The predicted octanol–water partition coefficient (Wildman–Crippen LogP) is 4.73. The summed E-state index contributed by atoms with van der Waals surface area (Å²) in [7, 11) is -3.80. The minimum Gasteiger partial charge on any atom is -0.305 e. The lowest BCUT2D eigenvalue weighted by Crippen LogP contribution is -2.35. The Labute approximate surface area is 175 Å². The van der Waals surface area contributed by atoms with Gasteiger partial charge in [-0.25, -0.2) is 8.42 Å². The second kappa shape index (κ2) is 7.54. The van der Waals surface area contributed by atoms with E-state index in [4.69, 9.17) is 11.6 Å². The molecule has 3 aromatic rings. The number of carbonyl (C=O) groups is 1. The van der Waals surface area contributed by atoms with Crippen LogP contribution in [0.1, 0.15) is 22.8 Å². The Bertz CT molecular complexity index is 1180. The van der Waals surface area contributed by atoms with Crippen LogP contribution in [0.15, 0.2) is 77.7 Å². The third-order valence-electron chi connectivity index (χ3n) is 4.93. The molecule has 3 aromatic carbocycles. The predicted molar refractivity (Wildman–Crippen MR) is 115 cm³/mol. The molecule has 0 aliphatic carbocycles. The van der Waals surface area contributed by atoms with Gasteiger partial charge in [0.15, 0.2) is 0 Å². The van der Waals surface area contributed by atoms with E-state index in [1.54, 1.807) is 53.4 Å². The second-order valence-corrected chi connectivity index (χ2v) is 9.06. The van der Waals surface area contributed by atoms with Crippen LogP contribution in [-0.4, -0.2) is 20.4 Å². The maximum absolute atomic E-state index is 13.0. The summed E-state index contributed by atoms with van der Waals surface area (Å²) in [5, 5.41) is 0.325. The quantitative estimate of drug-likeness (QED) is 0.655.